The van der Waals surface area contributed by atoms with E-state index in [9.17, 15) is 18.0 Å². The Hall–Kier alpha value is -2.13. The van der Waals surface area contributed by atoms with Crippen LogP contribution < -0.4 is 10.1 Å². The molecule has 1 aliphatic rings. The van der Waals surface area contributed by atoms with Crippen molar-refractivity contribution < 1.29 is 22.7 Å². The maximum atomic E-state index is 12.7. The minimum Gasteiger partial charge on any atom is -0.497 e. The number of piperazine rings is 1. The van der Waals surface area contributed by atoms with Gasteiger partial charge in [0.1, 0.15) is 11.8 Å². The van der Waals surface area contributed by atoms with E-state index in [0.29, 0.717) is 25.3 Å². The minimum atomic E-state index is -3.61. The Balaban J connectivity index is 1.98. The van der Waals surface area contributed by atoms with E-state index in [1.165, 1.54) is 23.5 Å². The molecule has 9 heteroatoms. The quantitative estimate of drug-likeness (QED) is 0.769. The fourth-order valence-electron chi connectivity index (χ4n) is 2.72. The first kappa shape index (κ1) is 20.2. The number of ether oxygens (including phenoxy) is 1. The van der Waals surface area contributed by atoms with Gasteiger partial charge in [0.2, 0.25) is 21.8 Å². The molecule has 2 rings (SSSR count). The number of benzene rings is 1. The van der Waals surface area contributed by atoms with Crippen molar-refractivity contribution in [2.45, 2.75) is 31.2 Å². The van der Waals surface area contributed by atoms with Crippen LogP contribution in [-0.4, -0.2) is 68.8 Å². The molecule has 0 spiro atoms. The molecule has 0 radical (unpaired) electrons. The molecule has 1 N–H and O–H groups in total. The summed E-state index contributed by atoms with van der Waals surface area (Å²) >= 11 is 0. The van der Waals surface area contributed by atoms with Crippen molar-refractivity contribution in [1.29, 1.82) is 0 Å². The molecule has 1 aliphatic heterocycles. The van der Waals surface area contributed by atoms with Gasteiger partial charge in [0.15, 0.2) is 0 Å². The summed E-state index contributed by atoms with van der Waals surface area (Å²) in [5.74, 6) is 0.197. The molecule has 0 bridgehead atoms. The summed E-state index contributed by atoms with van der Waals surface area (Å²) in [5, 5.41) is 2.63. The molecule has 1 unspecified atom stereocenters. The van der Waals surface area contributed by atoms with Crippen LogP contribution in [0.1, 0.15) is 20.3 Å². The second-order valence-corrected chi connectivity index (χ2v) is 7.99. The van der Waals surface area contributed by atoms with E-state index in [-0.39, 0.29) is 29.8 Å². The molecular formula is C17H25N3O5S. The smallest absolute Gasteiger partial charge is 0.244 e. The van der Waals surface area contributed by atoms with Gasteiger partial charge in [0, 0.05) is 32.6 Å². The first-order chi connectivity index (χ1) is 12.3. The summed E-state index contributed by atoms with van der Waals surface area (Å²) in [4.78, 5) is 25.6. The van der Waals surface area contributed by atoms with Crippen LogP contribution in [0.4, 0.5) is 0 Å². The Morgan fingerprint density at radius 2 is 1.73 bits per heavy atom. The lowest BCUT2D eigenvalue weighted by atomic mass is 10.2. The van der Waals surface area contributed by atoms with E-state index in [1.54, 1.807) is 30.9 Å². The zero-order chi connectivity index (χ0) is 19.3. The van der Waals surface area contributed by atoms with E-state index in [4.69, 9.17) is 4.74 Å². The molecule has 8 nitrogen and oxygen atoms in total. The van der Waals surface area contributed by atoms with Crippen molar-refractivity contribution in [2.75, 3.05) is 33.3 Å². The number of carbonyl (C=O) groups excluding carboxylic acids is 2. The predicted molar refractivity (Wildman–Crippen MR) is 96.2 cm³/mol. The van der Waals surface area contributed by atoms with Crippen LogP contribution in [0.2, 0.25) is 0 Å². The van der Waals surface area contributed by atoms with E-state index >= 15 is 0 Å². The van der Waals surface area contributed by atoms with Gasteiger partial charge in [-0.05, 0) is 31.2 Å². The zero-order valence-corrected chi connectivity index (χ0v) is 16.1. The fraction of sp³-hybridized carbons (Fsp3) is 0.529. The predicted octanol–water partition coefficient (Wildman–Crippen LogP) is 0.443. The highest BCUT2D eigenvalue weighted by Crippen LogP contribution is 2.20. The van der Waals surface area contributed by atoms with Crippen molar-refractivity contribution in [1.82, 2.24) is 14.5 Å². The molecule has 0 saturated carbocycles. The molecule has 1 aromatic rings. The average Bonchev–Trinajstić information content (AvgIpc) is 2.67. The van der Waals surface area contributed by atoms with Gasteiger partial charge in [-0.3, -0.25) is 9.59 Å². The van der Waals surface area contributed by atoms with Gasteiger partial charge in [-0.25, -0.2) is 8.42 Å². The van der Waals surface area contributed by atoms with Gasteiger partial charge < -0.3 is 15.0 Å². The number of carbonyl (C=O) groups is 2. The van der Waals surface area contributed by atoms with Crippen LogP contribution in [0.3, 0.4) is 0 Å². The lowest BCUT2D eigenvalue weighted by Crippen LogP contribution is -2.55. The average molecular weight is 383 g/mol. The summed E-state index contributed by atoms with van der Waals surface area (Å²) in [6, 6.07) is 5.60. The normalized spacial score (nSPS) is 16.8. The molecule has 144 valence electrons. The van der Waals surface area contributed by atoms with Crippen LogP contribution >= 0.6 is 0 Å². The van der Waals surface area contributed by atoms with Crippen molar-refractivity contribution in [3.8, 4) is 5.75 Å². The number of nitrogens with one attached hydrogen (secondary N) is 1. The molecule has 1 aromatic carbocycles. The largest absolute Gasteiger partial charge is 0.497 e. The number of amides is 2. The monoisotopic (exact) mass is 383 g/mol. The molecule has 1 saturated heterocycles. The second-order valence-electron chi connectivity index (χ2n) is 6.05. The Morgan fingerprint density at radius 1 is 1.15 bits per heavy atom. The molecule has 0 aliphatic carbocycles. The summed E-state index contributed by atoms with van der Waals surface area (Å²) in [6.07, 6.45) is 0.311. The fourth-order valence-corrected chi connectivity index (χ4v) is 4.15. The number of hydrogen-bond donors (Lipinski definition) is 1. The van der Waals surface area contributed by atoms with Crippen LogP contribution in [0.25, 0.3) is 0 Å². The van der Waals surface area contributed by atoms with Crippen molar-refractivity contribution >= 4 is 21.8 Å². The number of sulfonamides is 1. The van der Waals surface area contributed by atoms with E-state index < -0.39 is 16.1 Å². The summed E-state index contributed by atoms with van der Waals surface area (Å²) in [7, 11) is -2.09. The zero-order valence-electron chi connectivity index (χ0n) is 15.3. The number of nitrogens with zero attached hydrogens (tertiary/aromatic N) is 2. The summed E-state index contributed by atoms with van der Waals surface area (Å²) in [6.45, 7) is 4.37. The third-order valence-electron chi connectivity index (χ3n) is 4.32. The van der Waals surface area contributed by atoms with Crippen LogP contribution in [0.5, 0.6) is 5.75 Å². The van der Waals surface area contributed by atoms with Crippen molar-refractivity contribution in [3.05, 3.63) is 24.3 Å². The SMILES string of the molecule is CCC(=O)NC(C)C(=O)N1CCN(S(=O)(=O)c2ccc(OC)cc2)CC1. The highest BCUT2D eigenvalue weighted by atomic mass is 32.2. The number of methoxy groups -OCH3 is 1. The Kier molecular flexibility index (Phi) is 6.60. The molecule has 2 amide bonds. The molecule has 26 heavy (non-hydrogen) atoms. The second kappa shape index (κ2) is 8.50. The first-order valence-electron chi connectivity index (χ1n) is 8.52. The van der Waals surface area contributed by atoms with Gasteiger partial charge in [-0.1, -0.05) is 6.92 Å². The number of rotatable bonds is 6. The molecule has 1 atom stereocenters. The standard InChI is InChI=1S/C17H25N3O5S/c1-4-16(21)18-13(2)17(22)19-9-11-20(12-10-19)26(23,24)15-7-5-14(25-3)6-8-15/h5-8,13H,4,9-12H2,1-3H3,(H,18,21). The lowest BCUT2D eigenvalue weighted by molar-refractivity contribution is -0.136. The highest BCUT2D eigenvalue weighted by molar-refractivity contribution is 7.89. The van der Waals surface area contributed by atoms with Crippen LogP contribution in [0, 0.1) is 0 Å². The Labute approximate surface area is 154 Å². The molecule has 0 aromatic heterocycles. The van der Waals surface area contributed by atoms with Gasteiger partial charge in [0.25, 0.3) is 0 Å². The third kappa shape index (κ3) is 4.53. The first-order valence-corrected chi connectivity index (χ1v) is 9.96. The van der Waals surface area contributed by atoms with Gasteiger partial charge in [0.05, 0.1) is 12.0 Å². The highest BCUT2D eigenvalue weighted by Gasteiger charge is 2.31. The Morgan fingerprint density at radius 3 is 2.23 bits per heavy atom. The van der Waals surface area contributed by atoms with Gasteiger partial charge in [-0.2, -0.15) is 4.31 Å². The van der Waals surface area contributed by atoms with Crippen LogP contribution in [0.15, 0.2) is 29.2 Å². The molecular weight excluding hydrogens is 358 g/mol. The summed E-state index contributed by atoms with van der Waals surface area (Å²) in [5.41, 5.74) is 0. The van der Waals surface area contributed by atoms with Crippen molar-refractivity contribution in [3.63, 3.8) is 0 Å². The Bertz CT molecular complexity index is 740. The lowest BCUT2D eigenvalue weighted by Gasteiger charge is -2.35. The topological polar surface area (TPSA) is 96.0 Å². The minimum absolute atomic E-state index is 0.188. The van der Waals surface area contributed by atoms with Gasteiger partial charge in [-0.15, -0.1) is 0 Å². The van der Waals surface area contributed by atoms with Crippen molar-refractivity contribution in [2.24, 2.45) is 0 Å². The maximum absolute atomic E-state index is 12.7. The molecule has 1 heterocycles. The van der Waals surface area contributed by atoms with E-state index in [1.807, 2.05) is 0 Å². The van der Waals surface area contributed by atoms with E-state index in [2.05, 4.69) is 5.32 Å². The third-order valence-corrected chi connectivity index (χ3v) is 6.23. The summed E-state index contributed by atoms with van der Waals surface area (Å²) < 4.78 is 31.8. The van der Waals surface area contributed by atoms with Gasteiger partial charge >= 0.3 is 0 Å². The number of hydrogen-bond acceptors (Lipinski definition) is 5. The maximum Gasteiger partial charge on any atom is 0.244 e. The molecule has 1 fully saturated rings. The van der Waals surface area contributed by atoms with E-state index in [0.717, 1.165) is 0 Å². The van der Waals surface area contributed by atoms with Crippen LogP contribution in [-0.2, 0) is 19.6 Å².